The van der Waals surface area contributed by atoms with Crippen molar-refractivity contribution >= 4 is 38.3 Å². The van der Waals surface area contributed by atoms with Crippen molar-refractivity contribution < 1.29 is 0 Å². The Hall–Kier alpha value is -1.17. The van der Waals surface area contributed by atoms with Crippen LogP contribution in [0.15, 0.2) is 40.2 Å². The fraction of sp³-hybridized carbons (Fsp3) is 0.214. The first-order valence-electron chi connectivity index (χ1n) is 6.13. The summed E-state index contributed by atoms with van der Waals surface area (Å²) in [6.45, 7) is 2.91. The van der Waals surface area contributed by atoms with Gasteiger partial charge in [-0.15, -0.1) is 11.3 Å². The minimum Gasteiger partial charge on any atom is -0.341 e. The molecule has 0 aliphatic rings. The maximum Gasteiger partial charge on any atom is 0.121 e. The van der Waals surface area contributed by atoms with Crippen LogP contribution in [0, 0.1) is 0 Å². The van der Waals surface area contributed by atoms with Gasteiger partial charge in [0.1, 0.15) is 5.82 Å². The highest BCUT2D eigenvalue weighted by Gasteiger charge is 2.09. The molecule has 0 amide bonds. The predicted molar refractivity (Wildman–Crippen MR) is 83.4 cm³/mol. The van der Waals surface area contributed by atoms with E-state index >= 15 is 0 Å². The Morgan fingerprint density at radius 1 is 1.42 bits per heavy atom. The zero-order valence-electron chi connectivity index (χ0n) is 10.5. The van der Waals surface area contributed by atoms with Gasteiger partial charge in [-0.2, -0.15) is 0 Å². The zero-order valence-corrected chi connectivity index (χ0v) is 12.9. The largest absolute Gasteiger partial charge is 0.341 e. The smallest absolute Gasteiger partial charge is 0.121 e. The van der Waals surface area contributed by atoms with E-state index in [4.69, 9.17) is 0 Å². The van der Waals surface area contributed by atoms with Gasteiger partial charge in [0.25, 0.3) is 0 Å². The average molecular weight is 336 g/mol. The van der Waals surface area contributed by atoms with E-state index in [0.29, 0.717) is 6.04 Å². The molecular formula is C14H14BrN3S. The maximum absolute atomic E-state index is 4.56. The molecule has 0 aliphatic carbocycles. The first-order chi connectivity index (χ1) is 9.22. The van der Waals surface area contributed by atoms with Crippen LogP contribution in [0.2, 0.25) is 0 Å². The summed E-state index contributed by atoms with van der Waals surface area (Å²) in [5.41, 5.74) is 2.11. The van der Waals surface area contributed by atoms with E-state index in [-0.39, 0.29) is 0 Å². The number of halogens is 1. The van der Waals surface area contributed by atoms with Crippen LogP contribution in [-0.2, 0) is 6.54 Å². The zero-order chi connectivity index (χ0) is 13.2. The number of para-hydroxylation sites is 2. The summed E-state index contributed by atoms with van der Waals surface area (Å²) in [5, 5.41) is 5.59. The molecule has 1 atom stereocenters. The summed E-state index contributed by atoms with van der Waals surface area (Å²) in [7, 11) is 0. The van der Waals surface area contributed by atoms with Crippen molar-refractivity contribution in [3.05, 3.63) is 50.9 Å². The average Bonchev–Trinajstić information content (AvgIpc) is 3.01. The van der Waals surface area contributed by atoms with Gasteiger partial charge < -0.3 is 10.3 Å². The number of rotatable bonds is 4. The third kappa shape index (κ3) is 2.88. The van der Waals surface area contributed by atoms with Crippen molar-refractivity contribution in [2.24, 2.45) is 0 Å². The van der Waals surface area contributed by atoms with Crippen molar-refractivity contribution in [2.45, 2.75) is 19.5 Å². The summed E-state index contributed by atoms with van der Waals surface area (Å²) >= 11 is 5.24. The number of hydrogen-bond acceptors (Lipinski definition) is 3. The van der Waals surface area contributed by atoms with Crippen LogP contribution in [0.5, 0.6) is 0 Å². The molecule has 98 valence electrons. The van der Waals surface area contributed by atoms with Crippen LogP contribution in [0.25, 0.3) is 11.0 Å². The second kappa shape index (κ2) is 5.45. The molecule has 1 aromatic carbocycles. The molecule has 2 aromatic heterocycles. The number of nitrogens with one attached hydrogen (secondary N) is 2. The molecule has 1 unspecified atom stereocenters. The second-order valence-electron chi connectivity index (χ2n) is 4.47. The third-order valence-corrected chi connectivity index (χ3v) is 4.90. The molecule has 0 saturated carbocycles. The molecule has 3 nitrogen and oxygen atoms in total. The first-order valence-corrected chi connectivity index (χ1v) is 7.80. The molecule has 0 fully saturated rings. The van der Waals surface area contributed by atoms with Crippen LogP contribution >= 0.6 is 27.3 Å². The summed E-state index contributed by atoms with van der Waals surface area (Å²) in [6.07, 6.45) is 0. The van der Waals surface area contributed by atoms with E-state index in [9.17, 15) is 0 Å². The van der Waals surface area contributed by atoms with Gasteiger partial charge in [0, 0.05) is 20.8 Å². The molecular weight excluding hydrogens is 322 g/mol. The molecule has 0 radical (unpaired) electrons. The summed E-state index contributed by atoms with van der Waals surface area (Å²) in [5.74, 6) is 0.976. The SMILES string of the molecule is CC(NCc1nc2ccccc2[nH]1)c1cc(Br)cs1. The number of fused-ring (bicyclic) bond motifs is 1. The highest BCUT2D eigenvalue weighted by Crippen LogP contribution is 2.25. The first kappa shape index (κ1) is 12.8. The number of aromatic amines is 1. The predicted octanol–water partition coefficient (Wildman–Crippen LogP) is 4.24. The molecule has 5 heteroatoms. The van der Waals surface area contributed by atoms with Gasteiger partial charge in [-0.25, -0.2) is 4.98 Å². The van der Waals surface area contributed by atoms with Crippen LogP contribution in [0.1, 0.15) is 23.7 Å². The lowest BCUT2D eigenvalue weighted by atomic mass is 10.3. The van der Waals surface area contributed by atoms with E-state index in [1.165, 1.54) is 4.88 Å². The molecule has 0 spiro atoms. The Morgan fingerprint density at radius 2 is 2.26 bits per heavy atom. The monoisotopic (exact) mass is 335 g/mol. The number of thiophene rings is 1. The van der Waals surface area contributed by atoms with E-state index in [1.807, 2.05) is 24.3 Å². The number of H-pyrrole nitrogens is 1. The highest BCUT2D eigenvalue weighted by atomic mass is 79.9. The van der Waals surface area contributed by atoms with Gasteiger partial charge >= 0.3 is 0 Å². The lowest BCUT2D eigenvalue weighted by molar-refractivity contribution is 0.570. The van der Waals surface area contributed by atoms with E-state index in [1.54, 1.807) is 11.3 Å². The molecule has 3 aromatic rings. The Kier molecular flexibility index (Phi) is 3.68. The van der Waals surface area contributed by atoms with Crippen molar-refractivity contribution in [1.29, 1.82) is 0 Å². The van der Waals surface area contributed by atoms with Crippen molar-refractivity contribution in [1.82, 2.24) is 15.3 Å². The molecule has 0 aliphatic heterocycles. The van der Waals surface area contributed by atoms with Gasteiger partial charge in [-0.1, -0.05) is 12.1 Å². The summed E-state index contributed by atoms with van der Waals surface area (Å²) in [6, 6.07) is 10.6. The fourth-order valence-electron chi connectivity index (χ4n) is 2.00. The fourth-order valence-corrected chi connectivity index (χ4v) is 3.47. The van der Waals surface area contributed by atoms with Crippen LogP contribution in [-0.4, -0.2) is 9.97 Å². The van der Waals surface area contributed by atoms with Crippen molar-refractivity contribution in [2.75, 3.05) is 0 Å². The molecule has 19 heavy (non-hydrogen) atoms. The molecule has 2 heterocycles. The van der Waals surface area contributed by atoms with Gasteiger partial charge in [0.2, 0.25) is 0 Å². The Bertz CT molecular complexity index is 656. The van der Waals surface area contributed by atoms with Crippen LogP contribution < -0.4 is 5.32 Å². The highest BCUT2D eigenvalue weighted by molar-refractivity contribution is 9.10. The molecule has 0 bridgehead atoms. The van der Waals surface area contributed by atoms with Crippen molar-refractivity contribution in [3.8, 4) is 0 Å². The third-order valence-electron chi connectivity index (χ3n) is 3.03. The minimum absolute atomic E-state index is 0.324. The topological polar surface area (TPSA) is 40.7 Å². The second-order valence-corrected chi connectivity index (χ2v) is 6.33. The molecule has 0 saturated heterocycles. The molecule has 2 N–H and O–H groups in total. The van der Waals surface area contributed by atoms with Gasteiger partial charge in [0.05, 0.1) is 17.6 Å². The number of hydrogen-bond donors (Lipinski definition) is 2. The standard InChI is InChI=1S/C14H14BrN3S/c1-9(13-6-10(15)8-19-13)16-7-14-17-11-4-2-3-5-12(11)18-14/h2-6,8-9,16H,7H2,1H3,(H,17,18). The van der Waals surface area contributed by atoms with Gasteiger partial charge in [0.15, 0.2) is 0 Å². The lowest BCUT2D eigenvalue weighted by Gasteiger charge is -2.10. The minimum atomic E-state index is 0.324. The summed E-state index contributed by atoms with van der Waals surface area (Å²) in [4.78, 5) is 9.21. The van der Waals surface area contributed by atoms with E-state index in [2.05, 4.69) is 49.6 Å². The maximum atomic E-state index is 4.56. The Morgan fingerprint density at radius 3 is 3.00 bits per heavy atom. The quantitative estimate of drug-likeness (QED) is 0.748. The van der Waals surface area contributed by atoms with Gasteiger partial charge in [-0.3, -0.25) is 0 Å². The van der Waals surface area contributed by atoms with Gasteiger partial charge in [-0.05, 0) is 41.1 Å². The number of aromatic nitrogens is 2. The molecule has 3 rings (SSSR count). The normalized spacial score (nSPS) is 12.9. The van der Waals surface area contributed by atoms with Crippen LogP contribution in [0.4, 0.5) is 0 Å². The number of benzene rings is 1. The Balaban J connectivity index is 1.68. The lowest BCUT2D eigenvalue weighted by Crippen LogP contribution is -2.17. The van der Waals surface area contributed by atoms with E-state index in [0.717, 1.165) is 27.9 Å². The summed E-state index contributed by atoms with van der Waals surface area (Å²) < 4.78 is 1.14. The van der Waals surface area contributed by atoms with Crippen LogP contribution in [0.3, 0.4) is 0 Å². The Labute approximate surface area is 124 Å². The number of imidazole rings is 1. The van der Waals surface area contributed by atoms with E-state index < -0.39 is 0 Å². The number of nitrogens with zero attached hydrogens (tertiary/aromatic N) is 1. The van der Waals surface area contributed by atoms with Crippen molar-refractivity contribution in [3.63, 3.8) is 0 Å².